The SMILES string of the molecule is Cc1nnc(NC(=O)c2cc(S(=O)(=O)N(C)C)c(C)o2)s1. The molecule has 21 heavy (non-hydrogen) atoms. The van der Waals surface area contributed by atoms with E-state index in [4.69, 9.17) is 4.42 Å². The molecule has 2 aromatic rings. The Morgan fingerprint density at radius 2 is 2.00 bits per heavy atom. The molecule has 0 aliphatic carbocycles. The van der Waals surface area contributed by atoms with Gasteiger partial charge in [0.25, 0.3) is 5.91 Å². The minimum atomic E-state index is -3.65. The van der Waals surface area contributed by atoms with Crippen molar-refractivity contribution in [1.82, 2.24) is 14.5 Å². The van der Waals surface area contributed by atoms with Gasteiger partial charge in [-0.15, -0.1) is 10.2 Å². The van der Waals surface area contributed by atoms with Gasteiger partial charge in [0.05, 0.1) is 0 Å². The molecular formula is C11H14N4O4S2. The zero-order valence-electron chi connectivity index (χ0n) is 11.9. The van der Waals surface area contributed by atoms with E-state index in [2.05, 4.69) is 15.5 Å². The minimum Gasteiger partial charge on any atom is -0.455 e. The van der Waals surface area contributed by atoms with Gasteiger partial charge < -0.3 is 4.42 Å². The van der Waals surface area contributed by atoms with Crippen molar-refractivity contribution >= 4 is 32.4 Å². The maximum absolute atomic E-state index is 12.1. The Labute approximate surface area is 125 Å². The zero-order chi connectivity index (χ0) is 15.8. The molecule has 0 aromatic carbocycles. The van der Waals surface area contributed by atoms with Crippen LogP contribution in [0.3, 0.4) is 0 Å². The largest absolute Gasteiger partial charge is 0.455 e. The Kier molecular flexibility index (Phi) is 4.12. The Balaban J connectivity index is 2.28. The number of aryl methyl sites for hydroxylation is 2. The van der Waals surface area contributed by atoms with E-state index in [0.29, 0.717) is 10.1 Å². The fourth-order valence-electron chi connectivity index (χ4n) is 1.54. The second-order valence-corrected chi connectivity index (χ2v) is 7.70. The molecule has 0 unspecified atom stereocenters. The van der Waals surface area contributed by atoms with Crippen LogP contribution in [0.4, 0.5) is 5.13 Å². The van der Waals surface area contributed by atoms with Gasteiger partial charge in [0.1, 0.15) is 15.7 Å². The third-order valence-electron chi connectivity index (χ3n) is 2.60. The summed E-state index contributed by atoms with van der Waals surface area (Å²) in [6, 6.07) is 1.20. The summed E-state index contributed by atoms with van der Waals surface area (Å²) in [4.78, 5) is 12.0. The molecule has 0 spiro atoms. The molecule has 0 aliphatic heterocycles. The van der Waals surface area contributed by atoms with E-state index < -0.39 is 15.9 Å². The van der Waals surface area contributed by atoms with Crippen molar-refractivity contribution in [3.8, 4) is 0 Å². The van der Waals surface area contributed by atoms with Gasteiger partial charge in [-0.05, 0) is 13.8 Å². The number of hydrogen-bond donors (Lipinski definition) is 1. The summed E-state index contributed by atoms with van der Waals surface area (Å²) in [5.74, 6) is -0.516. The van der Waals surface area contributed by atoms with Crippen LogP contribution in [-0.4, -0.2) is 42.9 Å². The van der Waals surface area contributed by atoms with E-state index in [1.807, 2.05) is 0 Å². The van der Waals surface area contributed by atoms with Crippen LogP contribution >= 0.6 is 11.3 Å². The first-order valence-corrected chi connectivity index (χ1v) is 8.12. The Hall–Kier alpha value is -1.78. The number of amides is 1. The average Bonchev–Trinajstić information content (AvgIpc) is 2.95. The summed E-state index contributed by atoms with van der Waals surface area (Å²) in [6.45, 7) is 3.24. The average molecular weight is 330 g/mol. The highest BCUT2D eigenvalue weighted by atomic mass is 32.2. The highest BCUT2D eigenvalue weighted by Gasteiger charge is 2.26. The van der Waals surface area contributed by atoms with Crippen LogP contribution in [0.1, 0.15) is 21.3 Å². The van der Waals surface area contributed by atoms with Crippen LogP contribution in [0.5, 0.6) is 0 Å². The molecule has 0 aliphatic rings. The Morgan fingerprint density at radius 1 is 1.33 bits per heavy atom. The van der Waals surface area contributed by atoms with Crippen molar-refractivity contribution in [1.29, 1.82) is 0 Å². The molecule has 10 heteroatoms. The Bertz CT molecular complexity index is 776. The number of carbonyl (C=O) groups is 1. The predicted octanol–water partition coefficient (Wildman–Crippen LogP) is 1.25. The van der Waals surface area contributed by atoms with Crippen LogP contribution in [0, 0.1) is 13.8 Å². The fraction of sp³-hybridized carbons (Fsp3) is 0.364. The molecule has 2 rings (SSSR count). The van der Waals surface area contributed by atoms with E-state index in [1.54, 1.807) is 6.92 Å². The first-order chi connectivity index (χ1) is 9.71. The van der Waals surface area contributed by atoms with Crippen molar-refractivity contribution in [2.24, 2.45) is 0 Å². The number of sulfonamides is 1. The molecule has 0 saturated carbocycles. The molecule has 8 nitrogen and oxygen atoms in total. The van der Waals surface area contributed by atoms with E-state index >= 15 is 0 Å². The van der Waals surface area contributed by atoms with E-state index in [0.717, 1.165) is 4.31 Å². The number of nitrogens with zero attached hydrogens (tertiary/aromatic N) is 3. The van der Waals surface area contributed by atoms with E-state index in [1.165, 1.54) is 38.4 Å². The Morgan fingerprint density at radius 3 is 2.52 bits per heavy atom. The molecule has 0 saturated heterocycles. The lowest BCUT2D eigenvalue weighted by Crippen LogP contribution is -2.22. The van der Waals surface area contributed by atoms with Gasteiger partial charge in [-0.1, -0.05) is 11.3 Å². The highest BCUT2D eigenvalue weighted by molar-refractivity contribution is 7.89. The first-order valence-electron chi connectivity index (χ1n) is 5.86. The van der Waals surface area contributed by atoms with Crippen LogP contribution in [0.15, 0.2) is 15.4 Å². The van der Waals surface area contributed by atoms with Crippen molar-refractivity contribution in [3.05, 3.63) is 22.6 Å². The van der Waals surface area contributed by atoms with Gasteiger partial charge in [0.15, 0.2) is 5.76 Å². The van der Waals surface area contributed by atoms with Crippen LogP contribution in [-0.2, 0) is 10.0 Å². The van der Waals surface area contributed by atoms with Gasteiger partial charge in [-0.3, -0.25) is 10.1 Å². The summed E-state index contributed by atoms with van der Waals surface area (Å²) >= 11 is 1.21. The lowest BCUT2D eigenvalue weighted by Gasteiger charge is -2.09. The number of aromatic nitrogens is 2. The number of furan rings is 1. The third-order valence-corrected chi connectivity index (χ3v) is 5.28. The maximum Gasteiger partial charge on any atom is 0.293 e. The van der Waals surface area contributed by atoms with Gasteiger partial charge in [-0.2, -0.15) is 0 Å². The van der Waals surface area contributed by atoms with Gasteiger partial charge >= 0.3 is 0 Å². The van der Waals surface area contributed by atoms with Gasteiger partial charge in [0.2, 0.25) is 15.2 Å². The topological polar surface area (TPSA) is 105 Å². The number of hydrogen-bond acceptors (Lipinski definition) is 7. The summed E-state index contributed by atoms with van der Waals surface area (Å²) in [5, 5.41) is 11.1. The first kappa shape index (κ1) is 15.6. The van der Waals surface area contributed by atoms with E-state index in [9.17, 15) is 13.2 Å². The quantitative estimate of drug-likeness (QED) is 0.904. The molecule has 0 fully saturated rings. The van der Waals surface area contributed by atoms with Crippen molar-refractivity contribution in [2.45, 2.75) is 18.7 Å². The second kappa shape index (κ2) is 5.54. The molecule has 2 aromatic heterocycles. The van der Waals surface area contributed by atoms with Crippen molar-refractivity contribution in [2.75, 3.05) is 19.4 Å². The van der Waals surface area contributed by atoms with Crippen LogP contribution in [0.25, 0.3) is 0 Å². The monoisotopic (exact) mass is 330 g/mol. The van der Waals surface area contributed by atoms with Crippen LogP contribution in [0.2, 0.25) is 0 Å². The minimum absolute atomic E-state index is 0.0360. The molecule has 0 bridgehead atoms. The molecule has 0 radical (unpaired) electrons. The lowest BCUT2D eigenvalue weighted by atomic mass is 10.4. The number of carbonyl (C=O) groups excluding carboxylic acids is 1. The summed E-state index contributed by atoms with van der Waals surface area (Å²) in [6.07, 6.45) is 0. The summed E-state index contributed by atoms with van der Waals surface area (Å²) < 4.78 is 30.4. The molecule has 2 heterocycles. The zero-order valence-corrected chi connectivity index (χ0v) is 13.5. The highest BCUT2D eigenvalue weighted by Crippen LogP contribution is 2.23. The predicted molar refractivity (Wildman–Crippen MR) is 76.9 cm³/mol. The maximum atomic E-state index is 12.1. The lowest BCUT2D eigenvalue weighted by molar-refractivity contribution is 0.0995. The van der Waals surface area contributed by atoms with Crippen molar-refractivity contribution < 1.29 is 17.6 Å². The van der Waals surface area contributed by atoms with Gasteiger partial charge in [0, 0.05) is 20.2 Å². The number of rotatable bonds is 4. The third kappa shape index (κ3) is 3.12. The van der Waals surface area contributed by atoms with E-state index in [-0.39, 0.29) is 16.4 Å². The second-order valence-electron chi connectivity index (χ2n) is 4.40. The normalized spacial score (nSPS) is 11.9. The molecule has 114 valence electrons. The molecular weight excluding hydrogens is 316 g/mol. The molecule has 1 N–H and O–H groups in total. The number of nitrogens with one attached hydrogen (secondary N) is 1. The van der Waals surface area contributed by atoms with Crippen molar-refractivity contribution in [3.63, 3.8) is 0 Å². The molecule has 0 atom stereocenters. The summed E-state index contributed by atoms with van der Waals surface area (Å²) in [7, 11) is -0.838. The summed E-state index contributed by atoms with van der Waals surface area (Å²) in [5.41, 5.74) is 0. The smallest absolute Gasteiger partial charge is 0.293 e. The number of anilines is 1. The standard InChI is InChI=1S/C11H14N4O4S2/c1-6-9(21(17,18)15(3)4)5-8(19-6)10(16)12-11-14-13-7(2)20-11/h5H,1-4H3,(H,12,14,16). The fourth-order valence-corrected chi connectivity index (χ4v) is 3.18. The van der Waals surface area contributed by atoms with Crippen LogP contribution < -0.4 is 5.32 Å². The molecule has 1 amide bonds. The van der Waals surface area contributed by atoms with Gasteiger partial charge in [-0.25, -0.2) is 12.7 Å².